The first-order valence-corrected chi connectivity index (χ1v) is 5.63. The molecule has 2 N–H and O–H groups in total. The van der Waals surface area contributed by atoms with Gasteiger partial charge < -0.3 is 10.2 Å². The molecule has 0 amide bonds. The van der Waals surface area contributed by atoms with Crippen molar-refractivity contribution in [1.82, 2.24) is 0 Å². The molecule has 0 bridgehead atoms. The smallest absolute Gasteiger partial charge is 0.345 e. The second-order valence-corrected chi connectivity index (χ2v) is 4.25. The summed E-state index contributed by atoms with van der Waals surface area (Å²) in [4.78, 5) is 11.5. The largest absolute Gasteiger partial charge is 0.479 e. The molecule has 0 fully saturated rings. The highest BCUT2D eigenvalue weighted by atomic mass is 16.4. The lowest BCUT2D eigenvalue weighted by molar-refractivity contribution is -0.155. The van der Waals surface area contributed by atoms with E-state index in [1.54, 1.807) is 48.5 Å². The maximum Gasteiger partial charge on any atom is 0.345 e. The fraction of sp³-hybridized carbons (Fsp3) is 0.133. The van der Waals surface area contributed by atoms with Crippen molar-refractivity contribution in [2.45, 2.75) is 12.5 Å². The number of carboxylic acid groups (broad SMARTS) is 1. The Bertz CT molecular complexity index is 563. The lowest BCUT2D eigenvalue weighted by atomic mass is 9.86. The summed E-state index contributed by atoms with van der Waals surface area (Å²) >= 11 is 0. The minimum absolute atomic E-state index is 0.350. The van der Waals surface area contributed by atoms with Gasteiger partial charge in [0.1, 0.15) is 0 Å². The van der Waals surface area contributed by atoms with E-state index in [1.165, 1.54) is 0 Å². The van der Waals surface area contributed by atoms with Gasteiger partial charge in [0.2, 0.25) is 5.60 Å². The molecular weight excluding hydrogens is 228 g/mol. The van der Waals surface area contributed by atoms with Crippen molar-refractivity contribution in [2.75, 3.05) is 0 Å². The van der Waals surface area contributed by atoms with Crippen LogP contribution in [0.1, 0.15) is 16.7 Å². The van der Waals surface area contributed by atoms with Crippen molar-refractivity contribution in [3.8, 4) is 0 Å². The Kier molecular flexibility index (Phi) is 3.17. The highest BCUT2D eigenvalue weighted by molar-refractivity contribution is 5.83. The van der Waals surface area contributed by atoms with Crippen LogP contribution in [-0.4, -0.2) is 16.2 Å². The van der Waals surface area contributed by atoms with Gasteiger partial charge in [0, 0.05) is 0 Å². The molecular formula is C15H14O3. The van der Waals surface area contributed by atoms with E-state index in [0.717, 1.165) is 5.56 Å². The molecule has 0 saturated heterocycles. The number of carboxylic acids is 1. The van der Waals surface area contributed by atoms with E-state index in [-0.39, 0.29) is 0 Å². The molecule has 3 nitrogen and oxygen atoms in total. The van der Waals surface area contributed by atoms with Crippen molar-refractivity contribution in [1.29, 1.82) is 0 Å². The van der Waals surface area contributed by atoms with Crippen molar-refractivity contribution < 1.29 is 15.0 Å². The molecule has 1 atom stereocenters. The molecule has 0 radical (unpaired) electrons. The van der Waals surface area contributed by atoms with Crippen molar-refractivity contribution in [3.05, 3.63) is 71.3 Å². The lowest BCUT2D eigenvalue weighted by Gasteiger charge is -2.24. The maximum absolute atomic E-state index is 11.5. The Morgan fingerprint density at radius 1 is 1.00 bits per heavy atom. The van der Waals surface area contributed by atoms with Gasteiger partial charge in [0.05, 0.1) is 0 Å². The number of aliphatic carboxylic acids is 1. The number of rotatable bonds is 3. The predicted octanol–water partition coefficient (Wildman–Crippen LogP) is 2.32. The zero-order valence-electron chi connectivity index (χ0n) is 10.00. The van der Waals surface area contributed by atoms with Crippen LogP contribution in [0.4, 0.5) is 0 Å². The van der Waals surface area contributed by atoms with E-state index < -0.39 is 11.6 Å². The van der Waals surface area contributed by atoms with Crippen LogP contribution in [-0.2, 0) is 10.4 Å². The number of benzene rings is 2. The number of carbonyl (C=O) groups is 1. The summed E-state index contributed by atoms with van der Waals surface area (Å²) in [6.07, 6.45) is 0. The van der Waals surface area contributed by atoms with E-state index in [1.807, 2.05) is 13.0 Å². The third kappa shape index (κ3) is 2.00. The fourth-order valence-corrected chi connectivity index (χ4v) is 1.96. The van der Waals surface area contributed by atoms with Gasteiger partial charge in [0.15, 0.2) is 0 Å². The van der Waals surface area contributed by atoms with Crippen LogP contribution in [0.3, 0.4) is 0 Å². The van der Waals surface area contributed by atoms with E-state index in [4.69, 9.17) is 0 Å². The highest BCUT2D eigenvalue weighted by Gasteiger charge is 2.39. The number of aliphatic hydroxyl groups is 1. The summed E-state index contributed by atoms with van der Waals surface area (Å²) in [5, 5.41) is 19.9. The standard InChI is InChI=1S/C15H14O3/c1-11-6-5-9-13(10-11)15(18,14(16)17)12-7-3-2-4-8-12/h2-10,18H,1H3,(H,16,17)/t15-/m1/s1. The van der Waals surface area contributed by atoms with Gasteiger partial charge in [0.25, 0.3) is 0 Å². The summed E-state index contributed by atoms with van der Waals surface area (Å²) in [5.41, 5.74) is -0.389. The minimum Gasteiger partial charge on any atom is -0.479 e. The Morgan fingerprint density at radius 2 is 1.61 bits per heavy atom. The minimum atomic E-state index is -2.01. The summed E-state index contributed by atoms with van der Waals surface area (Å²) < 4.78 is 0. The SMILES string of the molecule is Cc1cccc([C@@](O)(C(=O)O)c2ccccc2)c1. The average Bonchev–Trinajstić information content (AvgIpc) is 2.38. The first-order valence-electron chi connectivity index (χ1n) is 5.63. The third-order valence-electron chi connectivity index (χ3n) is 2.94. The molecule has 2 rings (SSSR count). The van der Waals surface area contributed by atoms with E-state index in [0.29, 0.717) is 11.1 Å². The molecule has 0 saturated carbocycles. The molecule has 0 aliphatic heterocycles. The summed E-state index contributed by atoms with van der Waals surface area (Å²) in [5.74, 6) is -1.28. The number of hydrogen-bond acceptors (Lipinski definition) is 2. The van der Waals surface area contributed by atoms with Crippen LogP contribution >= 0.6 is 0 Å². The molecule has 2 aromatic rings. The van der Waals surface area contributed by atoms with E-state index >= 15 is 0 Å². The second-order valence-electron chi connectivity index (χ2n) is 4.25. The molecule has 0 heterocycles. The Balaban J connectivity index is 2.62. The van der Waals surface area contributed by atoms with Crippen LogP contribution in [0.25, 0.3) is 0 Å². The molecule has 3 heteroatoms. The van der Waals surface area contributed by atoms with Gasteiger partial charge in [-0.2, -0.15) is 0 Å². The maximum atomic E-state index is 11.5. The predicted molar refractivity (Wildman–Crippen MR) is 68.3 cm³/mol. The van der Waals surface area contributed by atoms with E-state index in [9.17, 15) is 15.0 Å². The summed E-state index contributed by atoms with van der Waals surface area (Å²) in [7, 11) is 0. The second kappa shape index (κ2) is 4.63. The summed E-state index contributed by atoms with van der Waals surface area (Å²) in [6, 6.07) is 15.3. The van der Waals surface area contributed by atoms with Crippen molar-refractivity contribution in [3.63, 3.8) is 0 Å². The number of hydrogen-bond donors (Lipinski definition) is 2. The Morgan fingerprint density at radius 3 is 2.17 bits per heavy atom. The average molecular weight is 242 g/mol. The van der Waals surface area contributed by atoms with Gasteiger partial charge >= 0.3 is 5.97 Å². The molecule has 92 valence electrons. The first-order chi connectivity index (χ1) is 8.55. The number of aryl methyl sites for hydroxylation is 1. The zero-order valence-corrected chi connectivity index (χ0v) is 10.00. The van der Waals surface area contributed by atoms with Crippen molar-refractivity contribution in [2.24, 2.45) is 0 Å². The normalized spacial score (nSPS) is 13.9. The molecule has 0 aromatic heterocycles. The highest BCUT2D eigenvalue weighted by Crippen LogP contribution is 2.30. The van der Waals surface area contributed by atoms with Crippen LogP contribution < -0.4 is 0 Å². The van der Waals surface area contributed by atoms with Crippen molar-refractivity contribution >= 4 is 5.97 Å². The monoisotopic (exact) mass is 242 g/mol. The zero-order chi connectivity index (χ0) is 13.2. The Labute approximate surface area is 105 Å². The van der Waals surface area contributed by atoms with Crippen LogP contribution in [0.5, 0.6) is 0 Å². The third-order valence-corrected chi connectivity index (χ3v) is 2.94. The molecule has 0 aliphatic carbocycles. The van der Waals surface area contributed by atoms with Crippen LogP contribution in [0.15, 0.2) is 54.6 Å². The molecule has 0 spiro atoms. The molecule has 0 unspecified atom stereocenters. The fourth-order valence-electron chi connectivity index (χ4n) is 1.96. The summed E-state index contributed by atoms with van der Waals surface area (Å²) in [6.45, 7) is 1.86. The topological polar surface area (TPSA) is 57.5 Å². The quantitative estimate of drug-likeness (QED) is 0.868. The molecule has 18 heavy (non-hydrogen) atoms. The van der Waals surface area contributed by atoms with Gasteiger partial charge in [-0.15, -0.1) is 0 Å². The van der Waals surface area contributed by atoms with Gasteiger partial charge in [-0.3, -0.25) is 0 Å². The van der Waals surface area contributed by atoms with Gasteiger partial charge in [-0.25, -0.2) is 4.79 Å². The van der Waals surface area contributed by atoms with Crippen LogP contribution in [0.2, 0.25) is 0 Å². The molecule has 0 aliphatic rings. The van der Waals surface area contributed by atoms with E-state index in [2.05, 4.69) is 0 Å². The first kappa shape index (κ1) is 12.3. The lowest BCUT2D eigenvalue weighted by Crippen LogP contribution is -2.36. The van der Waals surface area contributed by atoms with Gasteiger partial charge in [-0.1, -0.05) is 60.2 Å². The van der Waals surface area contributed by atoms with Gasteiger partial charge in [-0.05, 0) is 18.1 Å². The Hall–Kier alpha value is -2.13. The van der Waals surface area contributed by atoms with Crippen LogP contribution in [0, 0.1) is 6.92 Å². The molecule has 2 aromatic carbocycles.